The Morgan fingerprint density at radius 2 is 1.69 bits per heavy atom. The molecule has 0 spiro atoms. The largest absolute Gasteiger partial charge is 0.326 e. The summed E-state index contributed by atoms with van der Waals surface area (Å²) in [5.74, 6) is -0.457. The summed E-state index contributed by atoms with van der Waals surface area (Å²) in [7, 11) is 0. The van der Waals surface area contributed by atoms with Gasteiger partial charge in [0, 0.05) is 17.0 Å². The summed E-state index contributed by atoms with van der Waals surface area (Å²) in [6, 6.07) is 22.5. The predicted molar refractivity (Wildman–Crippen MR) is 128 cm³/mol. The Bertz CT molecular complexity index is 1160. The molecule has 4 rings (SSSR count). The average molecular weight is 445 g/mol. The number of amides is 3. The molecule has 3 amide bonds. The van der Waals surface area contributed by atoms with E-state index in [-0.39, 0.29) is 24.1 Å². The minimum absolute atomic E-state index is 0.0859. The Kier molecular flexibility index (Phi) is 6.42. The third kappa shape index (κ3) is 4.92. The quantitative estimate of drug-likeness (QED) is 0.549. The van der Waals surface area contributed by atoms with E-state index in [4.69, 9.17) is 0 Å². The van der Waals surface area contributed by atoms with Crippen LogP contribution in [-0.4, -0.2) is 23.0 Å². The van der Waals surface area contributed by atoms with Gasteiger partial charge in [-0.05, 0) is 66.9 Å². The van der Waals surface area contributed by atoms with Gasteiger partial charge >= 0.3 is 0 Å². The smallest absolute Gasteiger partial charge is 0.247 e. The fraction of sp³-hybridized carbons (Fsp3) is 0.192. The molecule has 6 heteroatoms. The van der Waals surface area contributed by atoms with E-state index in [1.165, 1.54) is 16.7 Å². The number of carbonyl (C=O) groups is 3. The molecule has 0 saturated carbocycles. The first-order valence-electron chi connectivity index (χ1n) is 10.5. The number of nitrogens with zero attached hydrogens (tertiary/aromatic N) is 1. The Morgan fingerprint density at radius 3 is 2.38 bits per heavy atom. The molecule has 0 radical (unpaired) electrons. The highest BCUT2D eigenvalue weighted by molar-refractivity contribution is 8.00. The van der Waals surface area contributed by atoms with E-state index in [9.17, 15) is 14.4 Å². The normalized spacial score (nSPS) is 15.8. The van der Waals surface area contributed by atoms with Gasteiger partial charge in [-0.3, -0.25) is 14.4 Å². The minimum Gasteiger partial charge on any atom is -0.326 e. The van der Waals surface area contributed by atoms with Crippen LogP contribution in [0.5, 0.6) is 0 Å². The van der Waals surface area contributed by atoms with Gasteiger partial charge in [0.25, 0.3) is 0 Å². The summed E-state index contributed by atoms with van der Waals surface area (Å²) >= 11 is 1.37. The molecule has 0 unspecified atom stereocenters. The van der Waals surface area contributed by atoms with Crippen molar-refractivity contribution in [3.05, 3.63) is 89.5 Å². The lowest BCUT2D eigenvalue weighted by molar-refractivity contribution is -0.121. The number of carbonyl (C=O) groups excluding carboxylic acids is 3. The molecule has 3 aromatic carbocycles. The molecular weight excluding hydrogens is 420 g/mol. The first-order valence-corrected chi connectivity index (χ1v) is 11.3. The van der Waals surface area contributed by atoms with E-state index in [0.717, 1.165) is 21.6 Å². The Balaban J connectivity index is 1.38. The second-order valence-electron chi connectivity index (χ2n) is 7.88. The van der Waals surface area contributed by atoms with Crippen molar-refractivity contribution in [3.8, 4) is 0 Å². The fourth-order valence-corrected chi connectivity index (χ4v) is 4.65. The molecule has 32 heavy (non-hydrogen) atoms. The molecule has 1 N–H and O–H groups in total. The number of hydrogen-bond acceptors (Lipinski definition) is 4. The topological polar surface area (TPSA) is 66.5 Å². The second kappa shape index (κ2) is 9.40. The minimum atomic E-state index is -0.456. The van der Waals surface area contributed by atoms with E-state index >= 15 is 0 Å². The first kappa shape index (κ1) is 21.8. The molecule has 1 aliphatic heterocycles. The van der Waals surface area contributed by atoms with Crippen LogP contribution < -0.4 is 10.2 Å². The number of hydrogen-bond donors (Lipinski definition) is 1. The number of benzene rings is 3. The third-order valence-electron chi connectivity index (χ3n) is 5.48. The molecule has 1 saturated heterocycles. The van der Waals surface area contributed by atoms with Crippen molar-refractivity contribution < 1.29 is 14.4 Å². The number of rotatable bonds is 6. The van der Waals surface area contributed by atoms with Gasteiger partial charge in [-0.1, -0.05) is 36.4 Å². The molecule has 162 valence electrons. The van der Waals surface area contributed by atoms with E-state index in [0.29, 0.717) is 17.8 Å². The Hall–Kier alpha value is -3.38. The second-order valence-corrected chi connectivity index (χ2v) is 9.16. The van der Waals surface area contributed by atoms with Crippen LogP contribution >= 0.6 is 11.8 Å². The maximum absolute atomic E-state index is 12.9. The fourth-order valence-electron chi connectivity index (χ4n) is 3.60. The van der Waals surface area contributed by atoms with Gasteiger partial charge in [0.1, 0.15) is 0 Å². The summed E-state index contributed by atoms with van der Waals surface area (Å²) < 4.78 is 0. The summed E-state index contributed by atoms with van der Waals surface area (Å²) in [4.78, 5) is 39.9. The van der Waals surface area contributed by atoms with E-state index in [1.807, 2.05) is 86.6 Å². The van der Waals surface area contributed by atoms with Crippen LogP contribution in [0.4, 0.5) is 11.4 Å². The molecule has 1 fully saturated rings. The Morgan fingerprint density at radius 1 is 0.969 bits per heavy atom. The van der Waals surface area contributed by atoms with Gasteiger partial charge in [-0.25, -0.2) is 4.90 Å². The van der Waals surface area contributed by atoms with Crippen molar-refractivity contribution >= 4 is 40.9 Å². The maximum atomic E-state index is 12.9. The van der Waals surface area contributed by atoms with Crippen LogP contribution in [0.15, 0.2) is 77.7 Å². The van der Waals surface area contributed by atoms with Crippen molar-refractivity contribution in [2.24, 2.45) is 0 Å². The van der Waals surface area contributed by atoms with Crippen molar-refractivity contribution in [2.75, 3.05) is 10.2 Å². The molecule has 0 aliphatic carbocycles. The van der Waals surface area contributed by atoms with E-state index in [1.54, 1.807) is 0 Å². The SMILES string of the molecule is Cc1ccc(N2C(=O)C[C@@H](Sc3ccc(NC(=O)Cc4ccccc4)cc3)C2=O)cc1C. The van der Waals surface area contributed by atoms with Gasteiger partial charge in [-0.2, -0.15) is 0 Å². The molecule has 0 bridgehead atoms. The molecule has 1 aliphatic rings. The highest BCUT2D eigenvalue weighted by atomic mass is 32.2. The maximum Gasteiger partial charge on any atom is 0.247 e. The lowest BCUT2D eigenvalue weighted by atomic mass is 10.1. The molecule has 1 atom stereocenters. The molecule has 3 aromatic rings. The van der Waals surface area contributed by atoms with Gasteiger partial charge in [-0.15, -0.1) is 11.8 Å². The van der Waals surface area contributed by atoms with E-state index in [2.05, 4.69) is 5.32 Å². The molecule has 1 heterocycles. The lowest BCUT2D eigenvalue weighted by Crippen LogP contribution is -2.31. The van der Waals surface area contributed by atoms with Crippen LogP contribution in [0.2, 0.25) is 0 Å². The van der Waals surface area contributed by atoms with Crippen molar-refractivity contribution in [2.45, 2.75) is 36.8 Å². The van der Waals surface area contributed by atoms with Gasteiger partial charge in [0.2, 0.25) is 17.7 Å². The molecule has 0 aromatic heterocycles. The van der Waals surface area contributed by atoms with Crippen LogP contribution in [0, 0.1) is 13.8 Å². The summed E-state index contributed by atoms with van der Waals surface area (Å²) in [5, 5.41) is 2.43. The average Bonchev–Trinajstić information content (AvgIpc) is 3.05. The van der Waals surface area contributed by atoms with Gasteiger partial charge in [0.05, 0.1) is 17.4 Å². The van der Waals surface area contributed by atoms with Crippen molar-refractivity contribution in [1.29, 1.82) is 0 Å². The van der Waals surface area contributed by atoms with Crippen molar-refractivity contribution in [1.82, 2.24) is 0 Å². The highest BCUT2D eigenvalue weighted by Crippen LogP contribution is 2.34. The number of anilines is 2. The van der Waals surface area contributed by atoms with E-state index < -0.39 is 5.25 Å². The van der Waals surface area contributed by atoms with Gasteiger partial charge in [0.15, 0.2) is 0 Å². The number of aryl methyl sites for hydroxylation is 2. The number of thioether (sulfide) groups is 1. The zero-order chi connectivity index (χ0) is 22.7. The number of imide groups is 1. The molecule has 5 nitrogen and oxygen atoms in total. The van der Waals surface area contributed by atoms with Gasteiger partial charge < -0.3 is 5.32 Å². The summed E-state index contributed by atoms with van der Waals surface area (Å²) in [6.45, 7) is 3.97. The van der Waals surface area contributed by atoms with Crippen molar-refractivity contribution in [3.63, 3.8) is 0 Å². The van der Waals surface area contributed by atoms with Crippen LogP contribution in [0.3, 0.4) is 0 Å². The predicted octanol–water partition coefficient (Wildman–Crippen LogP) is 4.91. The summed E-state index contributed by atoms with van der Waals surface area (Å²) in [5.41, 5.74) is 4.44. The molecular formula is C26H24N2O3S. The highest BCUT2D eigenvalue weighted by Gasteiger charge is 2.40. The lowest BCUT2D eigenvalue weighted by Gasteiger charge is -2.16. The zero-order valence-electron chi connectivity index (χ0n) is 18.0. The Labute approximate surface area is 191 Å². The first-order chi connectivity index (χ1) is 15.4. The van der Waals surface area contributed by atoms with Crippen LogP contribution in [0.1, 0.15) is 23.1 Å². The van der Waals surface area contributed by atoms with Crippen LogP contribution in [0.25, 0.3) is 0 Å². The van der Waals surface area contributed by atoms with Crippen LogP contribution in [-0.2, 0) is 20.8 Å². The number of nitrogens with one attached hydrogen (secondary N) is 1. The monoisotopic (exact) mass is 444 g/mol. The standard InChI is InChI=1S/C26H24N2O3S/c1-17-8-11-21(14-18(17)2)28-25(30)16-23(26(28)31)32-22-12-9-20(10-13-22)27-24(29)15-19-6-4-3-5-7-19/h3-14,23H,15-16H2,1-2H3,(H,27,29)/t23-/m1/s1. The summed E-state index contributed by atoms with van der Waals surface area (Å²) in [6.07, 6.45) is 0.482. The zero-order valence-corrected chi connectivity index (χ0v) is 18.8. The third-order valence-corrected chi connectivity index (χ3v) is 6.68.